The maximum absolute atomic E-state index is 13.8. The van der Waals surface area contributed by atoms with Gasteiger partial charge in [-0.2, -0.15) is 13.2 Å². The summed E-state index contributed by atoms with van der Waals surface area (Å²) in [7, 11) is 0. The molecule has 1 atom stereocenters. The van der Waals surface area contributed by atoms with E-state index < -0.39 is 23.8 Å². The van der Waals surface area contributed by atoms with Crippen molar-refractivity contribution < 1.29 is 22.7 Å². The summed E-state index contributed by atoms with van der Waals surface area (Å²) in [5, 5.41) is 2.86. The van der Waals surface area contributed by atoms with E-state index in [1.54, 1.807) is 55.5 Å². The van der Waals surface area contributed by atoms with E-state index in [-0.39, 0.29) is 23.6 Å². The molecule has 0 aliphatic heterocycles. The van der Waals surface area contributed by atoms with Crippen LogP contribution in [0.25, 0.3) is 16.6 Å². The Kier molecular flexibility index (Phi) is 9.31. The second kappa shape index (κ2) is 12.9. The second-order valence-corrected chi connectivity index (χ2v) is 9.60. The quantitative estimate of drug-likeness (QED) is 0.201. The van der Waals surface area contributed by atoms with Crippen molar-refractivity contribution in [1.82, 2.24) is 14.5 Å². The van der Waals surface area contributed by atoms with E-state index in [9.17, 15) is 22.8 Å². The van der Waals surface area contributed by atoms with Gasteiger partial charge in [0.25, 0.3) is 5.56 Å². The Labute approximate surface area is 236 Å². The van der Waals surface area contributed by atoms with Crippen LogP contribution < -0.4 is 15.6 Å². The second-order valence-electron chi connectivity index (χ2n) is 9.60. The van der Waals surface area contributed by atoms with E-state index in [0.717, 1.165) is 18.9 Å². The Balaban J connectivity index is 1.81. The summed E-state index contributed by atoms with van der Waals surface area (Å²) >= 11 is 0. The van der Waals surface area contributed by atoms with E-state index in [1.165, 1.54) is 27.7 Å². The number of unbranched alkanes of at least 4 members (excludes halogenated alkanes) is 2. The van der Waals surface area contributed by atoms with E-state index in [1.807, 2.05) is 13.8 Å². The van der Waals surface area contributed by atoms with Crippen LogP contribution in [-0.4, -0.2) is 33.6 Å². The lowest BCUT2D eigenvalue weighted by molar-refractivity contribution is -0.136. The fourth-order valence-corrected chi connectivity index (χ4v) is 4.71. The molecule has 0 saturated carbocycles. The number of anilines is 1. The minimum Gasteiger partial charge on any atom is -0.494 e. The number of urea groups is 1. The Morgan fingerprint density at radius 3 is 2.37 bits per heavy atom. The predicted octanol–water partition coefficient (Wildman–Crippen LogP) is 7.59. The number of amides is 2. The van der Waals surface area contributed by atoms with Crippen molar-refractivity contribution in [2.75, 3.05) is 18.5 Å². The van der Waals surface area contributed by atoms with Crippen LogP contribution in [0.15, 0.2) is 77.6 Å². The van der Waals surface area contributed by atoms with E-state index in [0.29, 0.717) is 35.4 Å². The third kappa shape index (κ3) is 6.70. The van der Waals surface area contributed by atoms with Crippen LogP contribution >= 0.6 is 0 Å². The summed E-state index contributed by atoms with van der Waals surface area (Å²) in [5.74, 6) is 0.921. The van der Waals surface area contributed by atoms with Gasteiger partial charge in [-0.1, -0.05) is 44.0 Å². The largest absolute Gasteiger partial charge is 0.494 e. The van der Waals surface area contributed by atoms with Gasteiger partial charge < -0.3 is 15.0 Å². The fraction of sp³-hybridized carbons (Fsp3) is 0.323. The molecule has 2 amide bonds. The first kappa shape index (κ1) is 29.6. The first-order valence-electron chi connectivity index (χ1n) is 13.6. The first-order valence-corrected chi connectivity index (χ1v) is 13.6. The molecule has 0 aliphatic rings. The first-order chi connectivity index (χ1) is 19.7. The summed E-state index contributed by atoms with van der Waals surface area (Å²) in [6, 6.07) is 17.3. The third-order valence-corrected chi connectivity index (χ3v) is 6.79. The number of nitrogens with one attached hydrogen (secondary N) is 1. The zero-order valence-electron chi connectivity index (χ0n) is 23.2. The average Bonchev–Trinajstić information content (AvgIpc) is 2.95. The highest BCUT2D eigenvalue weighted by molar-refractivity contribution is 5.90. The Morgan fingerprint density at radius 2 is 1.68 bits per heavy atom. The summed E-state index contributed by atoms with van der Waals surface area (Å²) in [6.07, 6.45) is -2.33. The molecule has 1 N–H and O–H groups in total. The van der Waals surface area contributed by atoms with Gasteiger partial charge in [-0.15, -0.1) is 0 Å². The zero-order valence-corrected chi connectivity index (χ0v) is 23.2. The summed E-state index contributed by atoms with van der Waals surface area (Å²) < 4.78 is 48.0. The van der Waals surface area contributed by atoms with Crippen LogP contribution in [0.5, 0.6) is 5.75 Å². The molecule has 0 radical (unpaired) electrons. The highest BCUT2D eigenvalue weighted by atomic mass is 19.4. The molecule has 7 nitrogen and oxygen atoms in total. The maximum atomic E-state index is 13.8. The molecule has 1 aromatic heterocycles. The molecule has 1 heterocycles. The number of fused-ring (bicyclic) bond motifs is 1. The molecule has 0 fully saturated rings. The van der Waals surface area contributed by atoms with Crippen molar-refractivity contribution in [3.05, 3.63) is 94.5 Å². The number of ether oxygens (including phenoxy) is 1. The van der Waals surface area contributed by atoms with Gasteiger partial charge in [-0.05, 0) is 68.8 Å². The van der Waals surface area contributed by atoms with Crippen LogP contribution in [0.1, 0.15) is 57.5 Å². The number of hydrogen-bond acceptors (Lipinski definition) is 4. The van der Waals surface area contributed by atoms with Crippen LogP contribution in [0, 0.1) is 0 Å². The Hall–Kier alpha value is -4.34. The normalized spacial score (nSPS) is 12.2. The lowest BCUT2D eigenvalue weighted by Gasteiger charge is -2.31. The molecular weight excluding hydrogens is 533 g/mol. The molecule has 41 heavy (non-hydrogen) atoms. The number of rotatable bonds is 10. The van der Waals surface area contributed by atoms with Gasteiger partial charge in [-0.3, -0.25) is 9.36 Å². The number of halogens is 3. The van der Waals surface area contributed by atoms with Gasteiger partial charge in [0, 0.05) is 6.54 Å². The standard InChI is InChI=1S/C31H33F3N4O3/c1-4-6-11-20-37(30(40)36-27-15-10-8-13-25(27)31(32,33)34)21(3)28-35-26-14-9-7-12-24(26)29(39)38(28)22-16-18-23(19-17-22)41-5-2/h7-10,12-19,21H,4-6,11,20H2,1-3H3,(H,36,40). The molecule has 1 unspecified atom stereocenters. The number of aromatic nitrogens is 2. The molecule has 0 bridgehead atoms. The maximum Gasteiger partial charge on any atom is 0.418 e. The van der Waals surface area contributed by atoms with Crippen molar-refractivity contribution in [3.63, 3.8) is 0 Å². The molecule has 216 valence electrons. The highest BCUT2D eigenvalue weighted by Gasteiger charge is 2.34. The van der Waals surface area contributed by atoms with Gasteiger partial charge in [-0.25, -0.2) is 9.78 Å². The van der Waals surface area contributed by atoms with Crippen LogP contribution in [0.2, 0.25) is 0 Å². The van der Waals surface area contributed by atoms with Crippen molar-refractivity contribution in [3.8, 4) is 11.4 Å². The number of carbonyl (C=O) groups excluding carboxylic acids is 1. The molecule has 4 aromatic rings. The number of carbonyl (C=O) groups is 1. The Morgan fingerprint density at radius 1 is 1.00 bits per heavy atom. The van der Waals surface area contributed by atoms with Crippen molar-refractivity contribution >= 4 is 22.6 Å². The number of benzene rings is 3. The minimum absolute atomic E-state index is 0.251. The predicted molar refractivity (Wildman–Crippen MR) is 154 cm³/mol. The zero-order chi connectivity index (χ0) is 29.6. The molecular formula is C31H33F3N4O3. The van der Waals surface area contributed by atoms with Gasteiger partial charge in [0.15, 0.2) is 0 Å². The third-order valence-electron chi connectivity index (χ3n) is 6.79. The van der Waals surface area contributed by atoms with Crippen molar-refractivity contribution in [2.45, 2.75) is 52.3 Å². The average molecular weight is 567 g/mol. The minimum atomic E-state index is -4.64. The van der Waals surface area contributed by atoms with Gasteiger partial charge in [0.2, 0.25) is 0 Å². The monoisotopic (exact) mass is 566 g/mol. The molecule has 4 rings (SSSR count). The molecule has 10 heteroatoms. The summed E-state index contributed by atoms with van der Waals surface area (Å²) in [6.45, 7) is 6.35. The topological polar surface area (TPSA) is 76.5 Å². The van der Waals surface area contributed by atoms with Gasteiger partial charge in [0.1, 0.15) is 11.6 Å². The van der Waals surface area contributed by atoms with Crippen molar-refractivity contribution in [2.24, 2.45) is 0 Å². The van der Waals surface area contributed by atoms with E-state index in [2.05, 4.69) is 5.32 Å². The summed E-state index contributed by atoms with van der Waals surface area (Å²) in [4.78, 5) is 33.7. The molecule has 3 aromatic carbocycles. The SMILES string of the molecule is CCCCCN(C(=O)Nc1ccccc1C(F)(F)F)C(C)c1nc2ccccc2c(=O)n1-c1ccc(OCC)cc1. The number of para-hydroxylation sites is 2. The Bertz CT molecular complexity index is 1550. The lowest BCUT2D eigenvalue weighted by atomic mass is 10.1. The number of alkyl halides is 3. The van der Waals surface area contributed by atoms with Crippen LogP contribution in [-0.2, 0) is 6.18 Å². The van der Waals surface area contributed by atoms with Crippen LogP contribution in [0.3, 0.4) is 0 Å². The highest BCUT2D eigenvalue weighted by Crippen LogP contribution is 2.35. The number of nitrogens with zero attached hydrogens (tertiary/aromatic N) is 3. The fourth-order valence-electron chi connectivity index (χ4n) is 4.71. The smallest absolute Gasteiger partial charge is 0.418 e. The van der Waals surface area contributed by atoms with E-state index >= 15 is 0 Å². The van der Waals surface area contributed by atoms with Gasteiger partial charge in [0.05, 0.1) is 40.5 Å². The lowest BCUT2D eigenvalue weighted by Crippen LogP contribution is -2.40. The van der Waals surface area contributed by atoms with E-state index in [4.69, 9.17) is 9.72 Å². The van der Waals surface area contributed by atoms with Gasteiger partial charge >= 0.3 is 12.2 Å². The molecule has 0 aliphatic carbocycles. The number of hydrogen-bond donors (Lipinski definition) is 1. The van der Waals surface area contributed by atoms with Crippen LogP contribution in [0.4, 0.5) is 23.7 Å². The van der Waals surface area contributed by atoms with Crippen molar-refractivity contribution in [1.29, 1.82) is 0 Å². The summed E-state index contributed by atoms with van der Waals surface area (Å²) in [5.41, 5.74) is -0.622. The molecule has 0 spiro atoms. The molecule has 0 saturated heterocycles.